The second kappa shape index (κ2) is 5.41. The number of fused-ring (bicyclic) bond motifs is 1. The van der Waals surface area contributed by atoms with Gasteiger partial charge in [0.25, 0.3) is 0 Å². The highest BCUT2D eigenvalue weighted by Gasteiger charge is 2.30. The molecule has 2 aromatic heterocycles. The van der Waals surface area contributed by atoms with Gasteiger partial charge in [-0.05, 0) is 19.3 Å². The molecule has 23 heavy (non-hydrogen) atoms. The number of rotatable bonds is 3. The van der Waals surface area contributed by atoms with Crippen LogP contribution in [0.5, 0.6) is 0 Å². The van der Waals surface area contributed by atoms with Crippen LogP contribution in [0, 0.1) is 0 Å². The number of anilines is 1. The maximum absolute atomic E-state index is 11.7. The van der Waals surface area contributed by atoms with Gasteiger partial charge in [-0.1, -0.05) is 0 Å². The molecule has 124 valence electrons. The molecular formula is C14H20N6O2S. The standard InChI is InChI=1S/C14H20N6O2S/c1-23(21,22)19-7-2-6-18(9-10-19)13-14-17-16-12(11-3-4-11)20(14)8-5-15-13/h5,8,11H,2-4,6-7,9-10H2,1H3. The quantitative estimate of drug-likeness (QED) is 0.810. The zero-order chi connectivity index (χ0) is 16.0. The molecular weight excluding hydrogens is 316 g/mol. The van der Waals surface area contributed by atoms with Crippen LogP contribution in [-0.2, 0) is 10.0 Å². The van der Waals surface area contributed by atoms with Crippen LogP contribution < -0.4 is 4.90 Å². The molecule has 0 aromatic carbocycles. The average Bonchev–Trinajstić information content (AvgIpc) is 3.29. The molecule has 0 bridgehead atoms. The van der Waals surface area contributed by atoms with Crippen molar-refractivity contribution in [1.29, 1.82) is 0 Å². The van der Waals surface area contributed by atoms with Gasteiger partial charge >= 0.3 is 0 Å². The summed E-state index contributed by atoms with van der Waals surface area (Å²) in [6.07, 6.45) is 8.07. The molecule has 2 aliphatic rings. The van der Waals surface area contributed by atoms with Gasteiger partial charge in [-0.3, -0.25) is 4.40 Å². The largest absolute Gasteiger partial charge is 0.352 e. The Morgan fingerprint density at radius 2 is 1.96 bits per heavy atom. The van der Waals surface area contributed by atoms with Crippen molar-refractivity contribution in [2.75, 3.05) is 37.3 Å². The number of nitrogens with zero attached hydrogens (tertiary/aromatic N) is 6. The van der Waals surface area contributed by atoms with E-state index in [1.54, 1.807) is 6.20 Å². The molecule has 1 aliphatic carbocycles. The Hall–Kier alpha value is -1.74. The van der Waals surface area contributed by atoms with Gasteiger partial charge in [0.2, 0.25) is 15.7 Å². The third-order valence-corrected chi connectivity index (χ3v) is 5.80. The van der Waals surface area contributed by atoms with Crippen molar-refractivity contribution in [3.63, 3.8) is 0 Å². The van der Waals surface area contributed by atoms with Crippen LogP contribution in [-0.4, -0.2) is 64.7 Å². The molecule has 3 heterocycles. The first-order valence-corrected chi connectivity index (χ1v) is 9.78. The lowest BCUT2D eigenvalue weighted by molar-refractivity contribution is 0.437. The maximum Gasteiger partial charge on any atom is 0.211 e. The van der Waals surface area contributed by atoms with E-state index in [0.717, 1.165) is 30.3 Å². The van der Waals surface area contributed by atoms with Crippen molar-refractivity contribution >= 4 is 21.5 Å². The van der Waals surface area contributed by atoms with Crippen LogP contribution in [0.4, 0.5) is 5.82 Å². The van der Waals surface area contributed by atoms with E-state index >= 15 is 0 Å². The lowest BCUT2D eigenvalue weighted by Gasteiger charge is -2.22. The van der Waals surface area contributed by atoms with Crippen LogP contribution in [0.2, 0.25) is 0 Å². The summed E-state index contributed by atoms with van der Waals surface area (Å²) in [5.74, 6) is 2.32. The average molecular weight is 336 g/mol. The van der Waals surface area contributed by atoms with Crippen molar-refractivity contribution in [2.24, 2.45) is 0 Å². The van der Waals surface area contributed by atoms with E-state index in [2.05, 4.69) is 20.1 Å². The highest BCUT2D eigenvalue weighted by Crippen LogP contribution is 2.39. The normalized spacial score (nSPS) is 20.8. The van der Waals surface area contributed by atoms with Gasteiger partial charge in [0.1, 0.15) is 5.82 Å². The summed E-state index contributed by atoms with van der Waals surface area (Å²) in [7, 11) is -3.14. The van der Waals surface area contributed by atoms with Crippen molar-refractivity contribution in [2.45, 2.75) is 25.2 Å². The number of aromatic nitrogens is 4. The molecule has 1 saturated heterocycles. The van der Waals surface area contributed by atoms with Crippen molar-refractivity contribution in [3.05, 3.63) is 18.2 Å². The molecule has 0 unspecified atom stereocenters. The second-order valence-electron chi connectivity index (χ2n) is 6.28. The molecule has 1 aliphatic heterocycles. The molecule has 9 heteroatoms. The van der Waals surface area contributed by atoms with Gasteiger partial charge in [0.15, 0.2) is 5.82 Å². The molecule has 2 fully saturated rings. The van der Waals surface area contributed by atoms with Gasteiger partial charge < -0.3 is 4.90 Å². The first-order valence-electron chi connectivity index (χ1n) is 7.94. The zero-order valence-electron chi connectivity index (χ0n) is 13.1. The molecule has 0 spiro atoms. The fourth-order valence-electron chi connectivity index (χ4n) is 3.11. The van der Waals surface area contributed by atoms with E-state index < -0.39 is 10.0 Å². The first-order chi connectivity index (χ1) is 11.0. The Kier molecular flexibility index (Phi) is 3.49. The highest BCUT2D eigenvalue weighted by molar-refractivity contribution is 7.88. The van der Waals surface area contributed by atoms with Gasteiger partial charge in [0.05, 0.1) is 6.26 Å². The second-order valence-corrected chi connectivity index (χ2v) is 8.26. The predicted molar refractivity (Wildman–Crippen MR) is 86.0 cm³/mol. The lowest BCUT2D eigenvalue weighted by atomic mass is 10.3. The molecule has 2 aromatic rings. The van der Waals surface area contributed by atoms with E-state index in [1.165, 1.54) is 23.4 Å². The Morgan fingerprint density at radius 3 is 2.70 bits per heavy atom. The summed E-state index contributed by atoms with van der Waals surface area (Å²) in [5.41, 5.74) is 0.766. The fourth-order valence-corrected chi connectivity index (χ4v) is 3.99. The van der Waals surface area contributed by atoms with E-state index in [1.807, 2.05) is 10.6 Å². The topological polar surface area (TPSA) is 83.7 Å². The minimum atomic E-state index is -3.14. The summed E-state index contributed by atoms with van der Waals surface area (Å²) >= 11 is 0. The van der Waals surface area contributed by atoms with E-state index in [0.29, 0.717) is 25.6 Å². The minimum Gasteiger partial charge on any atom is -0.352 e. The predicted octanol–water partition coefficient (Wildman–Crippen LogP) is 0.473. The number of sulfonamides is 1. The van der Waals surface area contributed by atoms with E-state index in [9.17, 15) is 8.42 Å². The maximum atomic E-state index is 11.7. The third-order valence-electron chi connectivity index (χ3n) is 4.50. The molecule has 0 radical (unpaired) electrons. The molecule has 0 N–H and O–H groups in total. The van der Waals surface area contributed by atoms with Crippen molar-refractivity contribution in [3.8, 4) is 0 Å². The number of hydrogen-bond donors (Lipinski definition) is 0. The van der Waals surface area contributed by atoms with Crippen LogP contribution in [0.25, 0.3) is 5.65 Å². The van der Waals surface area contributed by atoms with Crippen LogP contribution in [0.1, 0.15) is 31.0 Å². The summed E-state index contributed by atoms with van der Waals surface area (Å²) in [4.78, 5) is 6.60. The summed E-state index contributed by atoms with van der Waals surface area (Å²) < 4.78 is 27.1. The zero-order valence-corrected chi connectivity index (χ0v) is 13.9. The van der Waals surface area contributed by atoms with Crippen LogP contribution in [0.15, 0.2) is 12.4 Å². The van der Waals surface area contributed by atoms with Gasteiger partial charge in [0, 0.05) is 44.5 Å². The molecule has 4 rings (SSSR count). The third kappa shape index (κ3) is 2.78. The highest BCUT2D eigenvalue weighted by atomic mass is 32.2. The fraction of sp³-hybridized carbons (Fsp3) is 0.643. The van der Waals surface area contributed by atoms with Crippen molar-refractivity contribution < 1.29 is 8.42 Å². The van der Waals surface area contributed by atoms with E-state index in [4.69, 9.17) is 0 Å². The lowest BCUT2D eigenvalue weighted by Crippen LogP contribution is -2.34. The molecule has 0 amide bonds. The van der Waals surface area contributed by atoms with Crippen LogP contribution in [0.3, 0.4) is 0 Å². The molecule has 0 atom stereocenters. The molecule has 1 saturated carbocycles. The summed E-state index contributed by atoms with van der Waals surface area (Å²) in [5, 5.41) is 8.66. The number of hydrogen-bond acceptors (Lipinski definition) is 6. The molecule has 8 nitrogen and oxygen atoms in total. The van der Waals surface area contributed by atoms with Gasteiger partial charge in [-0.15, -0.1) is 10.2 Å². The van der Waals surface area contributed by atoms with Crippen LogP contribution >= 0.6 is 0 Å². The first kappa shape index (κ1) is 14.8. The Bertz CT molecular complexity index is 829. The summed E-state index contributed by atoms with van der Waals surface area (Å²) in [6.45, 7) is 2.42. The van der Waals surface area contributed by atoms with Gasteiger partial charge in [-0.25, -0.2) is 17.7 Å². The summed E-state index contributed by atoms with van der Waals surface area (Å²) in [6, 6.07) is 0. The monoisotopic (exact) mass is 336 g/mol. The van der Waals surface area contributed by atoms with Gasteiger partial charge in [-0.2, -0.15) is 0 Å². The SMILES string of the molecule is CS(=O)(=O)N1CCCN(c2nccn3c(C4CC4)nnc23)CC1. The Balaban J connectivity index is 1.64. The Morgan fingerprint density at radius 1 is 1.13 bits per heavy atom. The smallest absolute Gasteiger partial charge is 0.211 e. The minimum absolute atomic E-state index is 0.477. The van der Waals surface area contributed by atoms with E-state index in [-0.39, 0.29) is 0 Å². The Labute approximate surface area is 135 Å². The van der Waals surface area contributed by atoms with Crippen molar-refractivity contribution in [1.82, 2.24) is 23.9 Å².